The van der Waals surface area contributed by atoms with Crippen LogP contribution < -0.4 is 5.32 Å². The van der Waals surface area contributed by atoms with E-state index in [1.165, 1.54) is 6.07 Å². The number of benzene rings is 1. The van der Waals surface area contributed by atoms with E-state index in [1.807, 2.05) is 0 Å². The van der Waals surface area contributed by atoms with Crippen LogP contribution in [0.3, 0.4) is 0 Å². The van der Waals surface area contributed by atoms with Crippen LogP contribution in [-0.2, 0) is 9.59 Å². The molecule has 0 aliphatic heterocycles. The third kappa shape index (κ3) is 3.19. The Labute approximate surface area is 120 Å². The first kappa shape index (κ1) is 14.2. The number of anilines is 1. The van der Waals surface area contributed by atoms with Gasteiger partial charge in [-0.25, -0.2) is 0 Å². The summed E-state index contributed by atoms with van der Waals surface area (Å²) in [6.07, 6.45) is 1.89. The van der Waals surface area contributed by atoms with Crippen LogP contribution in [0.2, 0.25) is 10.0 Å². The molecule has 102 valence electrons. The van der Waals surface area contributed by atoms with Crippen LogP contribution in [0.15, 0.2) is 18.2 Å². The highest BCUT2D eigenvalue weighted by Crippen LogP contribution is 2.34. The molecule has 1 aromatic carbocycles. The normalized spacial score (nSPS) is 22.2. The zero-order valence-electron chi connectivity index (χ0n) is 10.0. The van der Waals surface area contributed by atoms with E-state index in [9.17, 15) is 9.59 Å². The summed E-state index contributed by atoms with van der Waals surface area (Å²) in [6, 6.07) is 4.75. The van der Waals surface area contributed by atoms with Crippen molar-refractivity contribution in [1.29, 1.82) is 0 Å². The first-order chi connectivity index (χ1) is 8.99. The van der Waals surface area contributed by atoms with Gasteiger partial charge in [0.15, 0.2) is 0 Å². The number of aliphatic carboxylic acids is 1. The molecule has 2 rings (SSSR count). The van der Waals surface area contributed by atoms with Gasteiger partial charge in [0, 0.05) is 5.02 Å². The van der Waals surface area contributed by atoms with Crippen LogP contribution >= 0.6 is 23.2 Å². The number of amides is 1. The Kier molecular flexibility index (Phi) is 4.32. The molecular formula is C13H13Cl2NO3. The Bertz CT molecular complexity index is 519. The summed E-state index contributed by atoms with van der Waals surface area (Å²) in [4.78, 5) is 23.2. The van der Waals surface area contributed by atoms with E-state index < -0.39 is 17.8 Å². The van der Waals surface area contributed by atoms with Crippen LogP contribution in [0.25, 0.3) is 0 Å². The van der Waals surface area contributed by atoms with Crippen molar-refractivity contribution in [2.45, 2.75) is 19.3 Å². The molecule has 2 unspecified atom stereocenters. The topological polar surface area (TPSA) is 66.4 Å². The standard InChI is InChI=1S/C13H13Cl2NO3/c14-7-4-5-11(10(15)6-7)16-12(17)8-2-1-3-9(8)13(18)19/h4-6,8-9H,1-3H2,(H,16,17)(H,18,19). The van der Waals surface area contributed by atoms with E-state index in [0.29, 0.717) is 28.6 Å². The smallest absolute Gasteiger partial charge is 0.307 e. The summed E-state index contributed by atoms with van der Waals surface area (Å²) in [5.74, 6) is -2.32. The van der Waals surface area contributed by atoms with E-state index >= 15 is 0 Å². The third-order valence-corrected chi connectivity index (χ3v) is 3.91. The van der Waals surface area contributed by atoms with E-state index in [4.69, 9.17) is 28.3 Å². The van der Waals surface area contributed by atoms with Crippen molar-refractivity contribution >= 4 is 40.8 Å². The number of nitrogens with one attached hydrogen (secondary N) is 1. The van der Waals surface area contributed by atoms with E-state index in [0.717, 1.165) is 6.42 Å². The zero-order chi connectivity index (χ0) is 14.0. The molecule has 0 aromatic heterocycles. The highest BCUT2D eigenvalue weighted by molar-refractivity contribution is 6.36. The fraction of sp³-hybridized carbons (Fsp3) is 0.385. The second-order valence-corrected chi connectivity index (χ2v) is 5.44. The fourth-order valence-corrected chi connectivity index (χ4v) is 2.84. The van der Waals surface area contributed by atoms with Crippen molar-refractivity contribution in [3.8, 4) is 0 Å². The van der Waals surface area contributed by atoms with Gasteiger partial charge in [-0.2, -0.15) is 0 Å². The molecule has 0 radical (unpaired) electrons. The summed E-state index contributed by atoms with van der Waals surface area (Å²) >= 11 is 11.7. The molecule has 2 N–H and O–H groups in total. The number of hydrogen-bond acceptors (Lipinski definition) is 2. The molecular weight excluding hydrogens is 289 g/mol. The van der Waals surface area contributed by atoms with Crippen molar-refractivity contribution in [3.63, 3.8) is 0 Å². The van der Waals surface area contributed by atoms with Crippen LogP contribution in [0.1, 0.15) is 19.3 Å². The van der Waals surface area contributed by atoms with Crippen LogP contribution in [0, 0.1) is 11.8 Å². The molecule has 1 amide bonds. The number of halogens is 2. The Hall–Kier alpha value is -1.26. The van der Waals surface area contributed by atoms with Gasteiger partial charge in [-0.1, -0.05) is 29.6 Å². The maximum Gasteiger partial charge on any atom is 0.307 e. The van der Waals surface area contributed by atoms with E-state index in [-0.39, 0.29) is 5.91 Å². The second-order valence-electron chi connectivity index (χ2n) is 4.60. The number of rotatable bonds is 3. The van der Waals surface area contributed by atoms with Gasteiger partial charge in [-0.3, -0.25) is 9.59 Å². The van der Waals surface area contributed by atoms with E-state index in [1.54, 1.807) is 12.1 Å². The van der Waals surface area contributed by atoms with Crippen LogP contribution in [0.4, 0.5) is 5.69 Å². The maximum atomic E-state index is 12.1. The van der Waals surface area contributed by atoms with Gasteiger partial charge in [0.1, 0.15) is 0 Å². The van der Waals surface area contributed by atoms with Crippen molar-refractivity contribution in [1.82, 2.24) is 0 Å². The van der Waals surface area contributed by atoms with Crippen LogP contribution in [-0.4, -0.2) is 17.0 Å². The monoisotopic (exact) mass is 301 g/mol. The van der Waals surface area contributed by atoms with Gasteiger partial charge < -0.3 is 10.4 Å². The third-order valence-electron chi connectivity index (χ3n) is 3.36. The van der Waals surface area contributed by atoms with Gasteiger partial charge in [0.05, 0.1) is 22.5 Å². The van der Waals surface area contributed by atoms with Gasteiger partial charge in [-0.15, -0.1) is 0 Å². The van der Waals surface area contributed by atoms with Crippen LogP contribution in [0.5, 0.6) is 0 Å². The molecule has 2 atom stereocenters. The van der Waals surface area contributed by atoms with Gasteiger partial charge in [-0.05, 0) is 31.0 Å². The maximum absolute atomic E-state index is 12.1. The fourth-order valence-electron chi connectivity index (χ4n) is 2.39. The quantitative estimate of drug-likeness (QED) is 0.899. The number of carbonyl (C=O) groups is 2. The number of carbonyl (C=O) groups excluding carboxylic acids is 1. The van der Waals surface area contributed by atoms with Gasteiger partial charge in [0.2, 0.25) is 5.91 Å². The minimum Gasteiger partial charge on any atom is -0.481 e. The Morgan fingerprint density at radius 3 is 2.53 bits per heavy atom. The molecule has 1 aromatic rings. The molecule has 1 saturated carbocycles. The molecule has 0 heterocycles. The Morgan fingerprint density at radius 2 is 1.89 bits per heavy atom. The van der Waals surface area contributed by atoms with Crippen molar-refractivity contribution in [3.05, 3.63) is 28.2 Å². The molecule has 1 fully saturated rings. The molecule has 0 saturated heterocycles. The van der Waals surface area contributed by atoms with Crippen molar-refractivity contribution in [2.24, 2.45) is 11.8 Å². The van der Waals surface area contributed by atoms with E-state index in [2.05, 4.69) is 5.32 Å². The SMILES string of the molecule is O=C(O)C1CCCC1C(=O)Nc1ccc(Cl)cc1Cl. The van der Waals surface area contributed by atoms with Crippen molar-refractivity contribution < 1.29 is 14.7 Å². The average Bonchev–Trinajstić information content (AvgIpc) is 2.82. The zero-order valence-corrected chi connectivity index (χ0v) is 11.5. The first-order valence-electron chi connectivity index (χ1n) is 5.98. The van der Waals surface area contributed by atoms with Gasteiger partial charge >= 0.3 is 5.97 Å². The van der Waals surface area contributed by atoms with Crippen molar-refractivity contribution in [2.75, 3.05) is 5.32 Å². The molecule has 1 aliphatic rings. The lowest BCUT2D eigenvalue weighted by molar-refractivity contribution is -0.145. The molecule has 4 nitrogen and oxygen atoms in total. The molecule has 1 aliphatic carbocycles. The second kappa shape index (κ2) is 5.80. The molecule has 0 spiro atoms. The predicted octanol–water partition coefficient (Wildman–Crippen LogP) is 3.43. The molecule has 0 bridgehead atoms. The number of carboxylic acids is 1. The minimum atomic E-state index is -0.917. The summed E-state index contributed by atoms with van der Waals surface area (Å²) in [6.45, 7) is 0. The largest absolute Gasteiger partial charge is 0.481 e. The first-order valence-corrected chi connectivity index (χ1v) is 6.73. The average molecular weight is 302 g/mol. The molecule has 19 heavy (non-hydrogen) atoms. The number of hydrogen-bond donors (Lipinski definition) is 2. The summed E-state index contributed by atoms with van der Waals surface area (Å²) in [5.41, 5.74) is 0.451. The van der Waals surface area contributed by atoms with Gasteiger partial charge in [0.25, 0.3) is 0 Å². The summed E-state index contributed by atoms with van der Waals surface area (Å²) in [5, 5.41) is 12.6. The Balaban J connectivity index is 2.10. The molecule has 6 heteroatoms. The summed E-state index contributed by atoms with van der Waals surface area (Å²) in [7, 11) is 0. The highest BCUT2D eigenvalue weighted by atomic mass is 35.5. The lowest BCUT2D eigenvalue weighted by atomic mass is 9.95. The number of carboxylic acid groups (broad SMARTS) is 1. The summed E-state index contributed by atoms with van der Waals surface area (Å²) < 4.78 is 0. The highest BCUT2D eigenvalue weighted by Gasteiger charge is 2.37. The lowest BCUT2D eigenvalue weighted by Gasteiger charge is -2.16. The lowest BCUT2D eigenvalue weighted by Crippen LogP contribution is -2.30. The Morgan fingerprint density at radius 1 is 1.21 bits per heavy atom. The minimum absolute atomic E-state index is 0.297. The predicted molar refractivity (Wildman–Crippen MR) is 73.6 cm³/mol.